The summed E-state index contributed by atoms with van der Waals surface area (Å²) in [4.78, 5) is 20.4. The molecule has 0 radical (unpaired) electrons. The number of rotatable bonds is 7. The summed E-state index contributed by atoms with van der Waals surface area (Å²) in [6.45, 7) is 2.47. The fourth-order valence-electron chi connectivity index (χ4n) is 2.62. The van der Waals surface area contributed by atoms with Crippen LogP contribution in [0.3, 0.4) is 0 Å². The average molecular weight is 315 g/mol. The Kier molecular flexibility index (Phi) is 4.38. The predicted octanol–water partition coefficient (Wildman–Crippen LogP) is 1.31. The third-order valence-electron chi connectivity index (χ3n) is 4.30. The van der Waals surface area contributed by atoms with Crippen LogP contribution in [0.1, 0.15) is 32.1 Å². The molecule has 23 heavy (non-hydrogen) atoms. The summed E-state index contributed by atoms with van der Waals surface area (Å²) in [7, 11) is 0. The van der Waals surface area contributed by atoms with Gasteiger partial charge >= 0.3 is 0 Å². The van der Waals surface area contributed by atoms with Crippen LogP contribution in [0.15, 0.2) is 29.0 Å². The number of nitrogens with one attached hydrogen (secondary N) is 1. The lowest BCUT2D eigenvalue weighted by atomic mass is 9.95. The van der Waals surface area contributed by atoms with Gasteiger partial charge < -0.3 is 15.6 Å². The van der Waals surface area contributed by atoms with E-state index in [1.165, 1.54) is 0 Å². The first-order valence-electron chi connectivity index (χ1n) is 7.85. The maximum Gasteiger partial charge on any atom is 0.227 e. The number of carbonyl (C=O) groups is 1. The van der Waals surface area contributed by atoms with Crippen molar-refractivity contribution in [1.82, 2.24) is 20.4 Å². The molecule has 2 heterocycles. The predicted molar refractivity (Wildman–Crippen MR) is 84.2 cm³/mol. The highest BCUT2D eigenvalue weighted by Crippen LogP contribution is 2.39. The minimum absolute atomic E-state index is 0.0338. The molecular weight excluding hydrogens is 294 g/mol. The molecule has 2 aromatic heterocycles. The van der Waals surface area contributed by atoms with E-state index >= 15 is 0 Å². The minimum Gasteiger partial charge on any atom is -0.349 e. The van der Waals surface area contributed by atoms with Crippen LogP contribution >= 0.6 is 0 Å². The van der Waals surface area contributed by atoms with Crippen molar-refractivity contribution in [2.24, 2.45) is 11.7 Å². The number of nitrogens with zero attached hydrogens (tertiary/aromatic N) is 3. The number of amides is 1. The van der Waals surface area contributed by atoms with Crippen molar-refractivity contribution in [3.63, 3.8) is 0 Å². The molecule has 7 nitrogen and oxygen atoms in total. The van der Waals surface area contributed by atoms with Gasteiger partial charge in [0.25, 0.3) is 0 Å². The van der Waals surface area contributed by atoms with Crippen LogP contribution < -0.4 is 11.1 Å². The highest BCUT2D eigenvalue weighted by atomic mass is 16.5. The Hall–Kier alpha value is -2.28. The Labute approximate surface area is 134 Å². The van der Waals surface area contributed by atoms with Gasteiger partial charge in [0.05, 0.1) is 5.54 Å². The first-order valence-corrected chi connectivity index (χ1v) is 7.85. The second-order valence-corrected chi connectivity index (χ2v) is 6.19. The summed E-state index contributed by atoms with van der Waals surface area (Å²) in [5, 5.41) is 6.98. The number of hydrogen-bond donors (Lipinski definition) is 2. The Morgan fingerprint density at radius 1 is 1.43 bits per heavy atom. The first-order chi connectivity index (χ1) is 11.1. The van der Waals surface area contributed by atoms with E-state index in [0.717, 1.165) is 18.4 Å². The lowest BCUT2D eigenvalue weighted by molar-refractivity contribution is -0.123. The van der Waals surface area contributed by atoms with Gasteiger partial charge in [-0.1, -0.05) is 5.16 Å². The smallest absolute Gasteiger partial charge is 0.227 e. The summed E-state index contributed by atoms with van der Waals surface area (Å²) in [6, 6.07) is 3.62. The third-order valence-corrected chi connectivity index (χ3v) is 4.30. The van der Waals surface area contributed by atoms with Crippen molar-refractivity contribution in [2.45, 2.75) is 38.1 Å². The average Bonchev–Trinajstić information content (AvgIpc) is 3.33. The number of nitrogens with two attached hydrogens (primary N) is 1. The zero-order valence-corrected chi connectivity index (χ0v) is 13.2. The molecule has 2 aromatic rings. The van der Waals surface area contributed by atoms with Gasteiger partial charge in [-0.3, -0.25) is 9.78 Å². The molecule has 0 aliphatic heterocycles. The molecular formula is C16H21N5O2. The van der Waals surface area contributed by atoms with E-state index in [-0.39, 0.29) is 11.4 Å². The standard InChI is InChI=1S/C16H21N5O2/c1-16(10-17,12-2-3-12)20-13(22)4-5-14-19-15(21-23-14)11-6-8-18-9-7-11/h6-9,12H,2-5,10,17H2,1H3,(H,20,22). The monoisotopic (exact) mass is 315 g/mol. The molecule has 3 N–H and O–H groups in total. The normalized spacial score (nSPS) is 16.8. The van der Waals surface area contributed by atoms with E-state index in [1.807, 2.05) is 19.1 Å². The van der Waals surface area contributed by atoms with Gasteiger partial charge in [-0.15, -0.1) is 0 Å². The SMILES string of the molecule is CC(CN)(NC(=O)CCc1nc(-c2ccncc2)no1)C1CC1. The Morgan fingerprint density at radius 3 is 2.83 bits per heavy atom. The molecule has 1 amide bonds. The van der Waals surface area contributed by atoms with Crippen molar-refractivity contribution in [1.29, 1.82) is 0 Å². The Bertz CT molecular complexity index is 668. The molecule has 0 spiro atoms. The number of carbonyl (C=O) groups excluding carboxylic acids is 1. The Morgan fingerprint density at radius 2 is 2.17 bits per heavy atom. The van der Waals surface area contributed by atoms with Crippen molar-refractivity contribution in [3.8, 4) is 11.4 Å². The second-order valence-electron chi connectivity index (χ2n) is 6.19. The van der Waals surface area contributed by atoms with Gasteiger partial charge in [0, 0.05) is 37.3 Å². The summed E-state index contributed by atoms with van der Waals surface area (Å²) >= 11 is 0. The highest BCUT2D eigenvalue weighted by molar-refractivity contribution is 5.77. The van der Waals surface area contributed by atoms with Crippen molar-refractivity contribution in [2.75, 3.05) is 6.54 Å². The number of aromatic nitrogens is 3. The van der Waals surface area contributed by atoms with Gasteiger partial charge in [0.15, 0.2) is 0 Å². The largest absolute Gasteiger partial charge is 0.349 e. The summed E-state index contributed by atoms with van der Waals surface area (Å²) in [5.41, 5.74) is 6.35. The van der Waals surface area contributed by atoms with Crippen LogP contribution in [0, 0.1) is 5.92 Å². The fraction of sp³-hybridized carbons (Fsp3) is 0.500. The number of hydrogen-bond acceptors (Lipinski definition) is 6. The van der Waals surface area contributed by atoms with Crippen LogP contribution in [0.25, 0.3) is 11.4 Å². The molecule has 0 bridgehead atoms. The molecule has 0 saturated heterocycles. The van der Waals surface area contributed by atoms with Gasteiger partial charge in [-0.05, 0) is 37.8 Å². The van der Waals surface area contributed by atoms with E-state index in [0.29, 0.717) is 37.0 Å². The molecule has 1 fully saturated rings. The molecule has 1 atom stereocenters. The van der Waals surface area contributed by atoms with Gasteiger partial charge in [-0.2, -0.15) is 4.98 Å². The summed E-state index contributed by atoms with van der Waals surface area (Å²) in [5.74, 6) is 1.42. The van der Waals surface area contributed by atoms with Crippen LogP contribution in [0.4, 0.5) is 0 Å². The maximum absolute atomic E-state index is 12.1. The quantitative estimate of drug-likeness (QED) is 0.797. The zero-order chi connectivity index (χ0) is 16.3. The third kappa shape index (κ3) is 3.73. The number of aryl methyl sites for hydroxylation is 1. The number of pyridine rings is 1. The molecule has 1 aliphatic rings. The van der Waals surface area contributed by atoms with Crippen LogP contribution in [0.2, 0.25) is 0 Å². The molecule has 0 aromatic carbocycles. The van der Waals surface area contributed by atoms with Crippen molar-refractivity contribution >= 4 is 5.91 Å². The fourth-order valence-corrected chi connectivity index (χ4v) is 2.62. The summed E-state index contributed by atoms with van der Waals surface area (Å²) in [6.07, 6.45) is 6.32. The van der Waals surface area contributed by atoms with Crippen molar-refractivity contribution in [3.05, 3.63) is 30.4 Å². The molecule has 3 rings (SSSR count). The van der Waals surface area contributed by atoms with Crippen LogP contribution in [-0.2, 0) is 11.2 Å². The van der Waals surface area contributed by atoms with Gasteiger partial charge in [0.1, 0.15) is 0 Å². The van der Waals surface area contributed by atoms with Crippen molar-refractivity contribution < 1.29 is 9.32 Å². The summed E-state index contributed by atoms with van der Waals surface area (Å²) < 4.78 is 5.20. The lowest BCUT2D eigenvalue weighted by Gasteiger charge is -2.29. The van der Waals surface area contributed by atoms with E-state index in [9.17, 15) is 4.79 Å². The van der Waals surface area contributed by atoms with Crippen LogP contribution in [0.5, 0.6) is 0 Å². The van der Waals surface area contributed by atoms with E-state index in [4.69, 9.17) is 10.3 Å². The topological polar surface area (TPSA) is 107 Å². The molecule has 7 heteroatoms. The van der Waals surface area contributed by atoms with E-state index in [1.54, 1.807) is 12.4 Å². The lowest BCUT2D eigenvalue weighted by Crippen LogP contribution is -2.53. The molecule has 1 saturated carbocycles. The highest BCUT2D eigenvalue weighted by Gasteiger charge is 2.41. The maximum atomic E-state index is 12.1. The van der Waals surface area contributed by atoms with E-state index in [2.05, 4.69) is 20.4 Å². The van der Waals surface area contributed by atoms with Gasteiger partial charge in [0.2, 0.25) is 17.6 Å². The molecule has 1 unspecified atom stereocenters. The zero-order valence-electron chi connectivity index (χ0n) is 13.2. The molecule has 1 aliphatic carbocycles. The molecule has 122 valence electrons. The van der Waals surface area contributed by atoms with Crippen LogP contribution in [-0.4, -0.2) is 33.1 Å². The second kappa shape index (κ2) is 6.45. The van der Waals surface area contributed by atoms with Gasteiger partial charge in [-0.25, -0.2) is 0 Å². The Balaban J connectivity index is 1.54. The van der Waals surface area contributed by atoms with E-state index < -0.39 is 0 Å². The minimum atomic E-state index is -0.297. The first kappa shape index (κ1) is 15.6.